The van der Waals surface area contributed by atoms with Crippen molar-refractivity contribution >= 4 is 33.2 Å². The molecule has 0 bridgehead atoms. The van der Waals surface area contributed by atoms with Crippen LogP contribution in [0.25, 0.3) is 0 Å². The minimum absolute atomic E-state index is 0.0662. The molecule has 2 aromatic rings. The molecule has 0 atom stereocenters. The highest BCUT2D eigenvalue weighted by Crippen LogP contribution is 2.24. The Bertz CT molecular complexity index is 998. The van der Waals surface area contributed by atoms with Gasteiger partial charge in [0.15, 0.2) is 0 Å². The van der Waals surface area contributed by atoms with Gasteiger partial charge in [0.05, 0.1) is 31.7 Å². The summed E-state index contributed by atoms with van der Waals surface area (Å²) < 4.78 is 36.0. The molecule has 156 valence electrons. The number of carbonyl (C=O) groups excluding carboxylic acids is 2. The zero-order valence-corrected chi connectivity index (χ0v) is 17.3. The van der Waals surface area contributed by atoms with E-state index in [1.54, 1.807) is 18.2 Å². The molecule has 9 nitrogen and oxygen atoms in total. The Hall–Kier alpha value is -3.27. The van der Waals surface area contributed by atoms with E-state index in [2.05, 4.69) is 15.4 Å². The molecular weight excluding hydrogens is 398 g/mol. The second-order valence-electron chi connectivity index (χ2n) is 6.22. The van der Waals surface area contributed by atoms with Crippen LogP contribution in [-0.4, -0.2) is 40.7 Å². The summed E-state index contributed by atoms with van der Waals surface area (Å²) in [6, 6.07) is 9.50. The number of benzene rings is 2. The molecule has 0 heterocycles. The predicted molar refractivity (Wildman–Crippen MR) is 110 cm³/mol. The average molecular weight is 421 g/mol. The van der Waals surface area contributed by atoms with Gasteiger partial charge in [-0.05, 0) is 35.9 Å². The third-order valence-electron chi connectivity index (χ3n) is 3.74. The number of hydrogen-bond donors (Lipinski definition) is 3. The van der Waals surface area contributed by atoms with Crippen molar-refractivity contribution in [2.45, 2.75) is 13.5 Å². The molecule has 0 aromatic heterocycles. The van der Waals surface area contributed by atoms with Gasteiger partial charge in [-0.2, -0.15) is 0 Å². The lowest BCUT2D eigenvalue weighted by molar-refractivity contribution is -0.114. The third kappa shape index (κ3) is 6.68. The predicted octanol–water partition coefficient (Wildman–Crippen LogP) is 1.96. The molecule has 29 heavy (non-hydrogen) atoms. The van der Waals surface area contributed by atoms with Crippen LogP contribution < -0.4 is 24.8 Å². The zero-order valence-electron chi connectivity index (χ0n) is 16.5. The largest absolute Gasteiger partial charge is 0.497 e. The number of hydrogen-bond acceptors (Lipinski definition) is 6. The highest BCUT2D eigenvalue weighted by molar-refractivity contribution is 7.92. The second kappa shape index (κ2) is 9.28. The van der Waals surface area contributed by atoms with Gasteiger partial charge in [-0.15, -0.1) is 0 Å². The molecule has 2 aromatic carbocycles. The fourth-order valence-electron chi connectivity index (χ4n) is 2.55. The van der Waals surface area contributed by atoms with Crippen molar-refractivity contribution in [1.29, 1.82) is 0 Å². The van der Waals surface area contributed by atoms with Crippen LogP contribution in [0.5, 0.6) is 11.5 Å². The summed E-state index contributed by atoms with van der Waals surface area (Å²) in [4.78, 5) is 24.0. The minimum atomic E-state index is -3.60. The third-order valence-corrected chi connectivity index (χ3v) is 4.33. The molecule has 0 saturated carbocycles. The molecule has 0 saturated heterocycles. The van der Waals surface area contributed by atoms with Crippen molar-refractivity contribution in [3.63, 3.8) is 0 Å². The summed E-state index contributed by atoms with van der Waals surface area (Å²) in [5, 5.41) is 5.29. The quantitative estimate of drug-likeness (QED) is 0.599. The van der Waals surface area contributed by atoms with Crippen LogP contribution in [0.1, 0.15) is 22.8 Å². The maximum absolute atomic E-state index is 12.8. The lowest BCUT2D eigenvalue weighted by Gasteiger charge is -2.14. The lowest BCUT2D eigenvalue weighted by Crippen LogP contribution is -2.25. The Labute approximate surface area is 169 Å². The monoisotopic (exact) mass is 421 g/mol. The molecule has 10 heteroatoms. The van der Waals surface area contributed by atoms with E-state index in [1.807, 2.05) is 0 Å². The lowest BCUT2D eigenvalue weighted by atomic mass is 10.1. The molecule has 0 aliphatic rings. The highest BCUT2D eigenvalue weighted by atomic mass is 32.2. The molecule has 3 N–H and O–H groups in total. The molecule has 0 radical (unpaired) electrons. The number of anilines is 2. The van der Waals surface area contributed by atoms with E-state index >= 15 is 0 Å². The van der Waals surface area contributed by atoms with Crippen molar-refractivity contribution < 1.29 is 27.5 Å². The van der Waals surface area contributed by atoms with Crippen LogP contribution in [0.15, 0.2) is 36.4 Å². The van der Waals surface area contributed by atoms with Gasteiger partial charge in [-0.25, -0.2) is 8.42 Å². The number of carbonyl (C=O) groups is 2. The molecule has 2 amide bonds. The number of rotatable bonds is 8. The molecule has 0 unspecified atom stereocenters. The number of sulfonamides is 1. The molecule has 0 fully saturated rings. The maximum Gasteiger partial charge on any atom is 0.253 e. The standard InChI is InChI=1S/C19H23N3O6S/c1-12(23)21-14-5-6-18(22-29(4,25)26)17(9-14)19(24)20-11-13-7-15(27-2)10-16(8-13)28-3/h5-10,22H,11H2,1-4H3,(H,20,24)(H,21,23). The fraction of sp³-hybridized carbons (Fsp3) is 0.263. The fourth-order valence-corrected chi connectivity index (χ4v) is 3.13. The van der Waals surface area contributed by atoms with Crippen molar-refractivity contribution in [1.82, 2.24) is 5.32 Å². The number of nitrogens with one attached hydrogen (secondary N) is 3. The molecule has 2 rings (SSSR count). The smallest absolute Gasteiger partial charge is 0.253 e. The van der Waals surface area contributed by atoms with Crippen LogP contribution in [-0.2, 0) is 21.4 Å². The summed E-state index contributed by atoms with van der Waals surface area (Å²) in [6.45, 7) is 1.48. The van der Waals surface area contributed by atoms with Crippen molar-refractivity contribution in [2.75, 3.05) is 30.5 Å². The van der Waals surface area contributed by atoms with E-state index in [-0.39, 0.29) is 23.7 Å². The summed E-state index contributed by atoms with van der Waals surface area (Å²) in [5.41, 5.74) is 1.26. The second-order valence-corrected chi connectivity index (χ2v) is 7.97. The first-order valence-electron chi connectivity index (χ1n) is 8.51. The Balaban J connectivity index is 2.29. The van der Waals surface area contributed by atoms with E-state index in [4.69, 9.17) is 9.47 Å². The Morgan fingerprint density at radius 1 is 1.00 bits per heavy atom. The van der Waals surface area contributed by atoms with Crippen LogP contribution in [0.3, 0.4) is 0 Å². The minimum Gasteiger partial charge on any atom is -0.497 e. The Morgan fingerprint density at radius 3 is 2.14 bits per heavy atom. The first kappa shape index (κ1) is 22.0. The zero-order chi connectivity index (χ0) is 21.6. The maximum atomic E-state index is 12.8. The van der Waals surface area contributed by atoms with Gasteiger partial charge in [0.1, 0.15) is 11.5 Å². The number of ether oxygens (including phenoxy) is 2. The number of methoxy groups -OCH3 is 2. The van der Waals surface area contributed by atoms with Gasteiger partial charge < -0.3 is 20.1 Å². The first-order valence-corrected chi connectivity index (χ1v) is 10.4. The highest BCUT2D eigenvalue weighted by Gasteiger charge is 2.16. The topological polar surface area (TPSA) is 123 Å². The molecule has 0 aliphatic heterocycles. The number of amides is 2. The van der Waals surface area contributed by atoms with Gasteiger partial charge in [0.2, 0.25) is 15.9 Å². The van der Waals surface area contributed by atoms with Gasteiger partial charge >= 0.3 is 0 Å². The summed E-state index contributed by atoms with van der Waals surface area (Å²) in [6.07, 6.45) is 0.985. The summed E-state index contributed by atoms with van der Waals surface area (Å²) in [5.74, 6) is 0.301. The van der Waals surface area contributed by atoms with Gasteiger partial charge in [-0.1, -0.05) is 0 Å². The van der Waals surface area contributed by atoms with E-state index in [9.17, 15) is 18.0 Å². The average Bonchev–Trinajstić information content (AvgIpc) is 2.65. The van der Waals surface area contributed by atoms with Gasteiger partial charge in [0.25, 0.3) is 5.91 Å². The Morgan fingerprint density at radius 2 is 1.62 bits per heavy atom. The molecule has 0 aliphatic carbocycles. The van der Waals surface area contributed by atoms with Crippen LogP contribution in [0, 0.1) is 0 Å². The van der Waals surface area contributed by atoms with Crippen LogP contribution in [0.4, 0.5) is 11.4 Å². The Kier molecular flexibility index (Phi) is 7.05. The van der Waals surface area contributed by atoms with E-state index in [1.165, 1.54) is 39.3 Å². The van der Waals surface area contributed by atoms with Crippen molar-refractivity contribution in [3.8, 4) is 11.5 Å². The van der Waals surface area contributed by atoms with E-state index in [0.29, 0.717) is 17.2 Å². The van der Waals surface area contributed by atoms with Crippen molar-refractivity contribution in [2.24, 2.45) is 0 Å². The summed E-state index contributed by atoms with van der Waals surface area (Å²) >= 11 is 0. The van der Waals surface area contributed by atoms with Crippen molar-refractivity contribution in [3.05, 3.63) is 47.5 Å². The normalized spacial score (nSPS) is 10.8. The van der Waals surface area contributed by atoms with E-state index < -0.39 is 15.9 Å². The SMILES string of the molecule is COc1cc(CNC(=O)c2cc(NC(C)=O)ccc2NS(C)(=O)=O)cc(OC)c1. The van der Waals surface area contributed by atoms with Crippen LogP contribution in [0.2, 0.25) is 0 Å². The summed E-state index contributed by atoms with van der Waals surface area (Å²) in [7, 11) is -0.561. The molecule has 0 spiro atoms. The van der Waals surface area contributed by atoms with Crippen LogP contribution >= 0.6 is 0 Å². The molecular formula is C19H23N3O6S. The van der Waals surface area contributed by atoms with Gasteiger partial charge in [-0.3, -0.25) is 14.3 Å². The van der Waals surface area contributed by atoms with E-state index in [0.717, 1.165) is 11.8 Å². The first-order chi connectivity index (χ1) is 13.6. The van der Waals surface area contributed by atoms with Gasteiger partial charge in [0, 0.05) is 25.2 Å².